The van der Waals surface area contributed by atoms with Crippen LogP contribution in [0.5, 0.6) is 0 Å². The summed E-state index contributed by atoms with van der Waals surface area (Å²) in [5.41, 5.74) is 2.49. The Hall–Kier alpha value is -1.59. The largest absolute Gasteiger partial charge is 0.382 e. The molecule has 0 bridgehead atoms. The van der Waals surface area contributed by atoms with E-state index in [1.165, 1.54) is 11.1 Å². The van der Waals surface area contributed by atoms with E-state index in [1.807, 2.05) is 0 Å². The first-order valence-corrected chi connectivity index (χ1v) is 7.80. The van der Waals surface area contributed by atoms with Crippen LogP contribution in [0.1, 0.15) is 24.0 Å². The van der Waals surface area contributed by atoms with E-state index >= 15 is 0 Å². The Kier molecular flexibility index (Phi) is 6.21. The molecule has 1 N–H and O–H groups in total. The van der Waals surface area contributed by atoms with Crippen molar-refractivity contribution in [2.45, 2.75) is 25.9 Å². The molecule has 0 aromatic heterocycles. The Labute approximate surface area is 132 Å². The molecule has 2 amide bonds. The zero-order valence-corrected chi connectivity index (χ0v) is 13.7. The van der Waals surface area contributed by atoms with Gasteiger partial charge in [0.2, 0.25) is 0 Å². The summed E-state index contributed by atoms with van der Waals surface area (Å²) in [5, 5.41) is 3.02. The number of morpholine rings is 1. The number of ether oxygens (including phenoxy) is 2. The Morgan fingerprint density at radius 3 is 3.09 bits per heavy atom. The van der Waals surface area contributed by atoms with Gasteiger partial charge in [-0.05, 0) is 18.4 Å². The van der Waals surface area contributed by atoms with Crippen LogP contribution in [0, 0.1) is 6.92 Å². The molecule has 2 atom stereocenters. The highest BCUT2D eigenvalue weighted by molar-refractivity contribution is 5.74. The number of amides is 2. The molecule has 5 heteroatoms. The molecule has 1 fully saturated rings. The van der Waals surface area contributed by atoms with E-state index in [9.17, 15) is 4.79 Å². The lowest BCUT2D eigenvalue weighted by molar-refractivity contribution is -0.0494. The lowest BCUT2D eigenvalue weighted by Crippen LogP contribution is -2.51. The average molecular weight is 306 g/mol. The topological polar surface area (TPSA) is 50.8 Å². The van der Waals surface area contributed by atoms with Crippen LogP contribution in [0.15, 0.2) is 24.3 Å². The molecule has 1 aromatic rings. The van der Waals surface area contributed by atoms with Crippen molar-refractivity contribution in [2.24, 2.45) is 0 Å². The van der Waals surface area contributed by atoms with Crippen LogP contribution in [0.25, 0.3) is 0 Å². The maximum atomic E-state index is 12.3. The van der Waals surface area contributed by atoms with Crippen LogP contribution < -0.4 is 5.32 Å². The summed E-state index contributed by atoms with van der Waals surface area (Å²) in [4.78, 5) is 14.1. The summed E-state index contributed by atoms with van der Waals surface area (Å²) < 4.78 is 10.7. The molecule has 5 nitrogen and oxygen atoms in total. The fourth-order valence-corrected chi connectivity index (χ4v) is 2.64. The summed E-state index contributed by atoms with van der Waals surface area (Å²) in [7, 11) is 1.64. The van der Waals surface area contributed by atoms with E-state index < -0.39 is 0 Å². The Balaban J connectivity index is 1.81. The van der Waals surface area contributed by atoms with Crippen molar-refractivity contribution in [1.82, 2.24) is 10.2 Å². The second kappa shape index (κ2) is 8.15. The van der Waals surface area contributed by atoms with Crippen LogP contribution in [-0.2, 0) is 9.47 Å². The SMILES string of the molecule is COC[C@@H]1CN(C(=O)NC[C@H](C)c2cccc(C)c2)CCO1. The molecule has 22 heavy (non-hydrogen) atoms. The van der Waals surface area contributed by atoms with Gasteiger partial charge in [-0.2, -0.15) is 0 Å². The third-order valence-corrected chi connectivity index (χ3v) is 3.95. The van der Waals surface area contributed by atoms with Gasteiger partial charge in [0.1, 0.15) is 0 Å². The molecule has 1 heterocycles. The summed E-state index contributed by atoms with van der Waals surface area (Å²) in [5.74, 6) is 0.291. The van der Waals surface area contributed by atoms with Crippen molar-refractivity contribution >= 4 is 6.03 Å². The zero-order chi connectivity index (χ0) is 15.9. The summed E-state index contributed by atoms with van der Waals surface area (Å²) in [6.07, 6.45) is -0.0290. The van der Waals surface area contributed by atoms with Crippen molar-refractivity contribution in [3.05, 3.63) is 35.4 Å². The number of nitrogens with zero attached hydrogens (tertiary/aromatic N) is 1. The second-order valence-corrected chi connectivity index (χ2v) is 5.90. The highest BCUT2D eigenvalue weighted by atomic mass is 16.5. The fraction of sp³-hybridized carbons (Fsp3) is 0.588. The smallest absolute Gasteiger partial charge is 0.317 e. The fourth-order valence-electron chi connectivity index (χ4n) is 2.64. The minimum atomic E-state index is -0.0290. The quantitative estimate of drug-likeness (QED) is 0.907. The number of benzene rings is 1. The highest BCUT2D eigenvalue weighted by Gasteiger charge is 2.24. The number of hydrogen-bond donors (Lipinski definition) is 1. The van der Waals surface area contributed by atoms with E-state index in [2.05, 4.69) is 43.4 Å². The van der Waals surface area contributed by atoms with E-state index in [-0.39, 0.29) is 12.1 Å². The van der Waals surface area contributed by atoms with E-state index in [0.717, 1.165) is 0 Å². The van der Waals surface area contributed by atoms with Gasteiger partial charge in [0.25, 0.3) is 0 Å². The average Bonchev–Trinajstić information content (AvgIpc) is 2.53. The maximum Gasteiger partial charge on any atom is 0.317 e. The van der Waals surface area contributed by atoms with Crippen molar-refractivity contribution in [3.63, 3.8) is 0 Å². The Bertz CT molecular complexity index is 491. The van der Waals surface area contributed by atoms with Gasteiger partial charge >= 0.3 is 6.03 Å². The third-order valence-electron chi connectivity index (χ3n) is 3.95. The Morgan fingerprint density at radius 1 is 1.55 bits per heavy atom. The highest BCUT2D eigenvalue weighted by Crippen LogP contribution is 2.15. The second-order valence-electron chi connectivity index (χ2n) is 5.90. The van der Waals surface area contributed by atoms with Crippen LogP contribution in [0.3, 0.4) is 0 Å². The third kappa shape index (κ3) is 4.71. The molecular formula is C17H26N2O3. The molecule has 0 radical (unpaired) electrons. The molecular weight excluding hydrogens is 280 g/mol. The Morgan fingerprint density at radius 2 is 2.36 bits per heavy atom. The molecule has 122 valence electrons. The standard InChI is InChI=1S/C17H26N2O3/c1-13-5-4-6-15(9-13)14(2)10-18-17(20)19-7-8-22-16(11-19)12-21-3/h4-6,9,14,16H,7-8,10-12H2,1-3H3,(H,18,20)/t14-,16-/m0/s1. The zero-order valence-electron chi connectivity index (χ0n) is 13.7. The van der Waals surface area contributed by atoms with E-state index in [0.29, 0.717) is 38.8 Å². The number of rotatable bonds is 5. The first kappa shape index (κ1) is 16.8. The minimum absolute atomic E-state index is 0.0242. The van der Waals surface area contributed by atoms with Gasteiger partial charge in [-0.1, -0.05) is 36.8 Å². The van der Waals surface area contributed by atoms with Gasteiger partial charge in [-0.15, -0.1) is 0 Å². The summed E-state index contributed by atoms with van der Waals surface area (Å²) in [6.45, 7) is 7.14. The summed E-state index contributed by atoms with van der Waals surface area (Å²) >= 11 is 0. The van der Waals surface area contributed by atoms with Gasteiger partial charge in [-0.25, -0.2) is 4.79 Å². The van der Waals surface area contributed by atoms with E-state index in [4.69, 9.17) is 9.47 Å². The number of nitrogens with one attached hydrogen (secondary N) is 1. The van der Waals surface area contributed by atoms with Crippen molar-refractivity contribution in [2.75, 3.05) is 40.0 Å². The number of hydrogen-bond acceptors (Lipinski definition) is 3. The molecule has 0 spiro atoms. The normalized spacial score (nSPS) is 19.8. The van der Waals surface area contributed by atoms with Gasteiger partial charge < -0.3 is 19.7 Å². The number of methoxy groups -OCH3 is 1. The minimum Gasteiger partial charge on any atom is -0.382 e. The molecule has 0 aliphatic carbocycles. The molecule has 1 saturated heterocycles. The maximum absolute atomic E-state index is 12.3. The van der Waals surface area contributed by atoms with Crippen molar-refractivity contribution in [3.8, 4) is 0 Å². The molecule has 2 rings (SSSR count). The number of aryl methyl sites for hydroxylation is 1. The number of carbonyl (C=O) groups is 1. The van der Waals surface area contributed by atoms with Gasteiger partial charge in [0, 0.05) is 20.2 Å². The van der Waals surface area contributed by atoms with Crippen LogP contribution in [-0.4, -0.2) is 57.0 Å². The lowest BCUT2D eigenvalue weighted by atomic mass is 9.99. The number of carbonyl (C=O) groups excluding carboxylic acids is 1. The van der Waals surface area contributed by atoms with Gasteiger partial charge in [0.05, 0.1) is 25.9 Å². The van der Waals surface area contributed by atoms with Crippen molar-refractivity contribution in [1.29, 1.82) is 0 Å². The molecule has 0 saturated carbocycles. The van der Waals surface area contributed by atoms with E-state index in [1.54, 1.807) is 12.0 Å². The molecule has 1 aliphatic rings. The van der Waals surface area contributed by atoms with Crippen LogP contribution in [0.2, 0.25) is 0 Å². The molecule has 1 aliphatic heterocycles. The predicted octanol–water partition coefficient (Wildman–Crippen LogP) is 2.16. The van der Waals surface area contributed by atoms with Gasteiger partial charge in [-0.3, -0.25) is 0 Å². The number of urea groups is 1. The lowest BCUT2D eigenvalue weighted by Gasteiger charge is -2.32. The van der Waals surface area contributed by atoms with Crippen LogP contribution >= 0.6 is 0 Å². The first-order chi connectivity index (χ1) is 10.6. The molecule has 1 aromatic carbocycles. The van der Waals surface area contributed by atoms with Gasteiger partial charge in [0.15, 0.2) is 0 Å². The van der Waals surface area contributed by atoms with Crippen molar-refractivity contribution < 1.29 is 14.3 Å². The summed E-state index contributed by atoms with van der Waals surface area (Å²) in [6, 6.07) is 8.38. The molecule has 0 unspecified atom stereocenters. The van der Waals surface area contributed by atoms with Crippen LogP contribution in [0.4, 0.5) is 4.79 Å². The monoisotopic (exact) mass is 306 g/mol. The first-order valence-electron chi connectivity index (χ1n) is 7.80. The predicted molar refractivity (Wildman–Crippen MR) is 86.2 cm³/mol.